The lowest BCUT2D eigenvalue weighted by Crippen LogP contribution is -2.03. The van der Waals surface area contributed by atoms with Gasteiger partial charge in [-0.05, 0) is 44.2 Å². The topological polar surface area (TPSA) is 109 Å². The Morgan fingerprint density at radius 2 is 0.857 bits per heavy atom. The van der Waals surface area contributed by atoms with Gasteiger partial charge >= 0.3 is 0 Å². The van der Waals surface area contributed by atoms with Gasteiger partial charge < -0.3 is 0 Å². The number of hydrogen-bond acceptors (Lipinski definition) is 4. The van der Waals surface area contributed by atoms with Gasteiger partial charge in [0.25, 0.3) is 20.2 Å². The van der Waals surface area contributed by atoms with Crippen LogP contribution in [-0.2, 0) is 20.2 Å². The van der Waals surface area contributed by atoms with Gasteiger partial charge in [-0.3, -0.25) is 9.11 Å². The second-order valence-electron chi connectivity index (χ2n) is 7.66. The second kappa shape index (κ2) is 17.0. The summed E-state index contributed by atoms with van der Waals surface area (Å²) in [5, 5.41) is 0. The van der Waals surface area contributed by atoms with Crippen molar-refractivity contribution in [1.29, 1.82) is 0 Å². The molecule has 0 rings (SSSR count). The van der Waals surface area contributed by atoms with Crippen LogP contribution in [0.2, 0.25) is 0 Å². The summed E-state index contributed by atoms with van der Waals surface area (Å²) in [7, 11) is -7.46. The van der Waals surface area contributed by atoms with Crippen molar-refractivity contribution >= 4 is 28.2 Å². The van der Waals surface area contributed by atoms with E-state index in [0.29, 0.717) is 12.8 Å². The molecule has 0 atom stereocenters. The Kier molecular flexibility index (Phi) is 17.1. The lowest BCUT2D eigenvalue weighted by Gasteiger charge is -2.17. The fourth-order valence-electron chi connectivity index (χ4n) is 3.31. The Labute approximate surface area is 174 Å². The van der Waals surface area contributed by atoms with Gasteiger partial charge in [-0.1, -0.05) is 64.7 Å². The van der Waals surface area contributed by atoms with Crippen LogP contribution >= 0.6 is 7.92 Å². The van der Waals surface area contributed by atoms with E-state index in [4.69, 9.17) is 9.11 Å². The Balaban J connectivity index is 3.59. The lowest BCUT2D eigenvalue weighted by molar-refractivity contribution is 0.476. The van der Waals surface area contributed by atoms with E-state index in [0.717, 1.165) is 38.5 Å². The zero-order valence-electron chi connectivity index (χ0n) is 17.5. The predicted octanol–water partition coefficient (Wildman–Crippen LogP) is 5.34. The third-order valence-electron chi connectivity index (χ3n) is 4.79. The van der Waals surface area contributed by atoms with Crippen molar-refractivity contribution < 1.29 is 25.9 Å². The van der Waals surface area contributed by atoms with Crippen LogP contribution in [0.5, 0.6) is 0 Å². The van der Waals surface area contributed by atoms with E-state index in [2.05, 4.69) is 6.92 Å². The monoisotopic (exact) mass is 460 g/mol. The third-order valence-corrected chi connectivity index (χ3v) is 9.38. The minimum Gasteiger partial charge on any atom is -0.286 e. The van der Waals surface area contributed by atoms with Gasteiger partial charge in [-0.25, -0.2) is 0 Å². The number of hydrogen-bond donors (Lipinski definition) is 2. The SMILES string of the molecule is CCCP(CCCCCCCCS(=O)(=O)O)CCCCCCCCS(=O)(=O)O. The first-order valence-corrected chi connectivity index (χ1v) is 15.9. The van der Waals surface area contributed by atoms with Gasteiger partial charge in [-0.15, -0.1) is 7.92 Å². The first-order valence-electron chi connectivity index (χ1n) is 10.8. The molecular weight excluding hydrogens is 419 g/mol. The van der Waals surface area contributed by atoms with Gasteiger partial charge in [0.15, 0.2) is 0 Å². The molecule has 0 aromatic heterocycles. The molecule has 170 valence electrons. The highest BCUT2D eigenvalue weighted by Gasteiger charge is 2.07. The van der Waals surface area contributed by atoms with Crippen LogP contribution in [0.1, 0.15) is 90.4 Å². The first kappa shape index (κ1) is 28.2. The van der Waals surface area contributed by atoms with Crippen LogP contribution < -0.4 is 0 Å². The minimum atomic E-state index is -3.79. The molecular formula is C19H41O6PS2. The molecule has 0 spiro atoms. The molecule has 0 saturated heterocycles. The van der Waals surface area contributed by atoms with Crippen LogP contribution in [-0.4, -0.2) is 55.9 Å². The summed E-state index contributed by atoms with van der Waals surface area (Å²) in [5.41, 5.74) is 0. The van der Waals surface area contributed by atoms with Crippen molar-refractivity contribution in [2.45, 2.75) is 90.4 Å². The van der Waals surface area contributed by atoms with E-state index in [1.807, 2.05) is 0 Å². The van der Waals surface area contributed by atoms with Crippen molar-refractivity contribution in [2.24, 2.45) is 0 Å². The van der Waals surface area contributed by atoms with Gasteiger partial charge in [0, 0.05) is 0 Å². The predicted molar refractivity (Wildman–Crippen MR) is 120 cm³/mol. The van der Waals surface area contributed by atoms with E-state index in [1.165, 1.54) is 50.6 Å². The molecule has 2 N–H and O–H groups in total. The van der Waals surface area contributed by atoms with Gasteiger partial charge in [0.05, 0.1) is 11.5 Å². The van der Waals surface area contributed by atoms with Gasteiger partial charge in [0.1, 0.15) is 0 Å². The maximum Gasteiger partial charge on any atom is 0.264 e. The summed E-state index contributed by atoms with van der Waals surface area (Å²) in [6.45, 7) is 2.25. The molecule has 0 radical (unpaired) electrons. The second-order valence-corrected chi connectivity index (χ2v) is 13.5. The third kappa shape index (κ3) is 22.5. The first-order chi connectivity index (χ1) is 13.1. The number of unbranched alkanes of at least 4 members (excludes halogenated alkanes) is 10. The number of rotatable bonds is 20. The Bertz CT molecular complexity index is 515. The minimum absolute atomic E-state index is 0.116. The maximum atomic E-state index is 10.6. The largest absolute Gasteiger partial charge is 0.286 e. The summed E-state index contributed by atoms with van der Waals surface area (Å²) >= 11 is 0. The van der Waals surface area contributed by atoms with Crippen LogP contribution in [0.15, 0.2) is 0 Å². The standard InChI is InChI=1S/C19H41O6PS2/c1-2-15-26(16-11-7-3-5-9-13-18-27(20,21)22)17-12-8-4-6-10-14-19-28(23,24)25/h2-19H2,1H3,(H,20,21,22)(H,23,24,25). The van der Waals surface area contributed by atoms with Crippen LogP contribution in [0.25, 0.3) is 0 Å². The van der Waals surface area contributed by atoms with Crippen LogP contribution in [0.4, 0.5) is 0 Å². The van der Waals surface area contributed by atoms with Crippen molar-refractivity contribution in [2.75, 3.05) is 30.0 Å². The Morgan fingerprint density at radius 1 is 0.536 bits per heavy atom. The van der Waals surface area contributed by atoms with Gasteiger partial charge in [-0.2, -0.15) is 16.8 Å². The molecule has 0 aliphatic heterocycles. The molecule has 0 aliphatic rings. The van der Waals surface area contributed by atoms with Crippen molar-refractivity contribution in [1.82, 2.24) is 0 Å². The van der Waals surface area contributed by atoms with Crippen molar-refractivity contribution in [3.8, 4) is 0 Å². The summed E-state index contributed by atoms with van der Waals surface area (Å²) in [6, 6.07) is 0. The van der Waals surface area contributed by atoms with Crippen LogP contribution in [0.3, 0.4) is 0 Å². The van der Waals surface area contributed by atoms with E-state index < -0.39 is 20.2 Å². The maximum absolute atomic E-state index is 10.6. The fraction of sp³-hybridized carbons (Fsp3) is 1.00. The fourth-order valence-corrected chi connectivity index (χ4v) is 7.09. The summed E-state index contributed by atoms with van der Waals surface area (Å²) < 4.78 is 59.9. The molecule has 0 heterocycles. The summed E-state index contributed by atoms with van der Waals surface area (Å²) in [4.78, 5) is 0. The van der Waals surface area contributed by atoms with E-state index in [-0.39, 0.29) is 19.4 Å². The molecule has 0 amide bonds. The quantitative estimate of drug-likeness (QED) is 0.144. The van der Waals surface area contributed by atoms with Gasteiger partial charge in [0.2, 0.25) is 0 Å². The van der Waals surface area contributed by atoms with E-state index in [1.54, 1.807) is 0 Å². The average Bonchev–Trinajstić information content (AvgIpc) is 2.57. The molecule has 0 aromatic rings. The molecule has 6 nitrogen and oxygen atoms in total. The average molecular weight is 461 g/mol. The Morgan fingerprint density at radius 3 is 1.18 bits per heavy atom. The molecule has 0 aliphatic carbocycles. The summed E-state index contributed by atoms with van der Waals surface area (Å²) in [6.07, 6.45) is 17.4. The molecule has 0 fully saturated rings. The molecule has 0 saturated carbocycles. The highest BCUT2D eigenvalue weighted by atomic mass is 32.2. The smallest absolute Gasteiger partial charge is 0.264 e. The Hall–Kier alpha value is 0.250. The van der Waals surface area contributed by atoms with E-state index >= 15 is 0 Å². The highest BCUT2D eigenvalue weighted by molar-refractivity contribution is 7.86. The summed E-state index contributed by atoms with van der Waals surface area (Å²) in [5.74, 6) is -0.231. The zero-order chi connectivity index (χ0) is 21.3. The molecule has 28 heavy (non-hydrogen) atoms. The molecule has 9 heteroatoms. The molecule has 0 bridgehead atoms. The van der Waals surface area contributed by atoms with Crippen LogP contribution in [0, 0.1) is 0 Å². The normalized spacial score (nSPS) is 12.7. The van der Waals surface area contributed by atoms with Crippen molar-refractivity contribution in [3.63, 3.8) is 0 Å². The molecule has 0 aromatic carbocycles. The van der Waals surface area contributed by atoms with E-state index in [9.17, 15) is 16.8 Å². The molecule has 0 unspecified atom stereocenters. The highest BCUT2D eigenvalue weighted by Crippen LogP contribution is 2.38. The van der Waals surface area contributed by atoms with Crippen molar-refractivity contribution in [3.05, 3.63) is 0 Å². The zero-order valence-corrected chi connectivity index (χ0v) is 20.0. The lowest BCUT2D eigenvalue weighted by atomic mass is 10.1.